The molecule has 0 aliphatic rings. The van der Waals surface area contributed by atoms with Crippen LogP contribution in [0.3, 0.4) is 0 Å². The molecule has 5 aromatic rings. The van der Waals surface area contributed by atoms with Crippen molar-refractivity contribution in [1.82, 2.24) is 34.5 Å². The molecule has 4 aromatic heterocycles. The number of aromatic nitrogens is 7. The fraction of sp³-hybridized carbons (Fsp3) is 0. The van der Waals surface area contributed by atoms with E-state index in [2.05, 4.69) is 35.3 Å². The summed E-state index contributed by atoms with van der Waals surface area (Å²) >= 11 is 1.45. The molecular formula is C15H9FN8S. The lowest BCUT2D eigenvalue weighted by Crippen LogP contribution is -1.98. The number of thiazole rings is 1. The zero-order chi connectivity index (χ0) is 16.8. The number of rotatable bonds is 3. The number of fused-ring (bicyclic) bond motifs is 2. The van der Waals surface area contributed by atoms with Gasteiger partial charge in [-0.3, -0.25) is 0 Å². The van der Waals surface area contributed by atoms with Crippen LogP contribution in [0.15, 0.2) is 42.3 Å². The molecule has 5 rings (SSSR count). The fourth-order valence-corrected chi connectivity index (χ4v) is 3.35. The van der Waals surface area contributed by atoms with Crippen LogP contribution in [0, 0.1) is 5.82 Å². The van der Waals surface area contributed by atoms with Crippen molar-refractivity contribution in [1.29, 1.82) is 0 Å². The predicted octanol–water partition coefficient (Wildman–Crippen LogP) is 3.01. The van der Waals surface area contributed by atoms with E-state index < -0.39 is 0 Å². The normalized spacial score (nSPS) is 11.4. The van der Waals surface area contributed by atoms with E-state index in [9.17, 15) is 4.39 Å². The lowest BCUT2D eigenvalue weighted by Gasteiger charge is -2.01. The van der Waals surface area contributed by atoms with Gasteiger partial charge in [0.1, 0.15) is 17.7 Å². The van der Waals surface area contributed by atoms with Crippen LogP contribution >= 0.6 is 11.3 Å². The molecule has 4 heterocycles. The summed E-state index contributed by atoms with van der Waals surface area (Å²) in [6.45, 7) is 0. The summed E-state index contributed by atoms with van der Waals surface area (Å²) in [7, 11) is 0. The van der Waals surface area contributed by atoms with Gasteiger partial charge >= 0.3 is 0 Å². The van der Waals surface area contributed by atoms with Crippen LogP contribution in [-0.4, -0.2) is 34.5 Å². The molecule has 0 bridgehead atoms. The van der Waals surface area contributed by atoms with Crippen LogP contribution in [0.1, 0.15) is 0 Å². The summed E-state index contributed by atoms with van der Waals surface area (Å²) in [6, 6.07) is 6.27. The molecule has 0 saturated heterocycles. The third-order valence-corrected chi connectivity index (χ3v) is 4.49. The molecule has 0 aliphatic heterocycles. The maximum atomic E-state index is 13.1. The van der Waals surface area contributed by atoms with Crippen LogP contribution in [0.2, 0.25) is 0 Å². The van der Waals surface area contributed by atoms with Gasteiger partial charge in [0.25, 0.3) is 0 Å². The number of nitrogens with zero attached hydrogens (tertiary/aromatic N) is 6. The zero-order valence-electron chi connectivity index (χ0n) is 12.5. The Kier molecular flexibility index (Phi) is 2.97. The van der Waals surface area contributed by atoms with E-state index in [0.717, 1.165) is 16.2 Å². The smallest absolute Gasteiger partial charge is 0.249 e. The first kappa shape index (κ1) is 14.0. The fourth-order valence-electron chi connectivity index (χ4n) is 2.52. The third-order valence-electron chi connectivity index (χ3n) is 3.67. The highest BCUT2D eigenvalue weighted by Gasteiger charge is 2.13. The van der Waals surface area contributed by atoms with Gasteiger partial charge in [0.05, 0.1) is 12.0 Å². The number of nitrogens with one attached hydrogen (secondary N) is 2. The predicted molar refractivity (Wildman–Crippen MR) is 91.2 cm³/mol. The Labute approximate surface area is 143 Å². The van der Waals surface area contributed by atoms with Gasteiger partial charge in [-0.1, -0.05) is 0 Å². The average molecular weight is 352 g/mol. The van der Waals surface area contributed by atoms with Gasteiger partial charge in [-0.2, -0.15) is 4.98 Å². The average Bonchev–Trinajstić information content (AvgIpc) is 3.31. The van der Waals surface area contributed by atoms with Gasteiger partial charge in [-0.25, -0.2) is 23.9 Å². The van der Waals surface area contributed by atoms with Crippen molar-refractivity contribution in [2.45, 2.75) is 0 Å². The summed E-state index contributed by atoms with van der Waals surface area (Å²) in [4.78, 5) is 20.5. The van der Waals surface area contributed by atoms with Crippen molar-refractivity contribution in [3.63, 3.8) is 0 Å². The first-order valence-corrected chi connectivity index (χ1v) is 8.17. The minimum absolute atomic E-state index is 0.275. The molecule has 0 saturated carbocycles. The minimum atomic E-state index is -0.275. The summed E-state index contributed by atoms with van der Waals surface area (Å²) in [5, 5.41) is 9.49. The number of hydrogen-bond donors (Lipinski definition) is 2. The van der Waals surface area contributed by atoms with Crippen LogP contribution in [0.5, 0.6) is 0 Å². The SMILES string of the molecule is Fc1ccc(-c2csc3nc(Nc4ncnc5nc[nH]c45)nn23)cc1. The number of anilines is 2. The van der Waals surface area contributed by atoms with Crippen molar-refractivity contribution < 1.29 is 4.39 Å². The summed E-state index contributed by atoms with van der Waals surface area (Å²) in [6.07, 6.45) is 2.98. The lowest BCUT2D eigenvalue weighted by atomic mass is 10.2. The molecule has 2 N–H and O–H groups in total. The Bertz CT molecular complexity index is 1190. The van der Waals surface area contributed by atoms with Crippen LogP contribution < -0.4 is 5.32 Å². The molecule has 10 heteroatoms. The molecule has 0 atom stereocenters. The highest BCUT2D eigenvalue weighted by Crippen LogP contribution is 2.27. The van der Waals surface area contributed by atoms with E-state index in [1.54, 1.807) is 23.0 Å². The van der Waals surface area contributed by atoms with E-state index in [0.29, 0.717) is 22.9 Å². The van der Waals surface area contributed by atoms with Crippen LogP contribution in [0.25, 0.3) is 27.4 Å². The van der Waals surface area contributed by atoms with E-state index in [4.69, 9.17) is 0 Å². The highest BCUT2D eigenvalue weighted by atomic mass is 32.1. The number of imidazole rings is 1. The highest BCUT2D eigenvalue weighted by molar-refractivity contribution is 7.15. The van der Waals surface area contributed by atoms with E-state index >= 15 is 0 Å². The van der Waals surface area contributed by atoms with Crippen LogP contribution in [-0.2, 0) is 0 Å². The number of halogens is 1. The number of hydrogen-bond acceptors (Lipinski definition) is 7. The molecule has 25 heavy (non-hydrogen) atoms. The minimum Gasteiger partial charge on any atom is -0.340 e. The number of benzene rings is 1. The molecule has 0 fully saturated rings. The summed E-state index contributed by atoms with van der Waals surface area (Å²) in [5.74, 6) is 0.678. The Balaban J connectivity index is 1.55. The first-order valence-electron chi connectivity index (χ1n) is 7.29. The van der Waals surface area contributed by atoms with Gasteiger partial charge < -0.3 is 10.3 Å². The van der Waals surface area contributed by atoms with Gasteiger partial charge in [0.15, 0.2) is 11.5 Å². The topological polar surface area (TPSA) is 96.7 Å². The largest absolute Gasteiger partial charge is 0.340 e. The Hall–Kier alpha value is -3.40. The van der Waals surface area contributed by atoms with Gasteiger partial charge in [0, 0.05) is 10.9 Å². The van der Waals surface area contributed by atoms with Gasteiger partial charge in [-0.05, 0) is 24.3 Å². The molecule has 8 nitrogen and oxygen atoms in total. The molecular weight excluding hydrogens is 343 g/mol. The van der Waals surface area contributed by atoms with E-state index in [1.165, 1.54) is 29.8 Å². The second kappa shape index (κ2) is 5.31. The molecule has 0 spiro atoms. The Morgan fingerprint density at radius 1 is 1.12 bits per heavy atom. The van der Waals surface area contributed by atoms with Gasteiger partial charge in [-0.15, -0.1) is 16.4 Å². The molecule has 122 valence electrons. The zero-order valence-corrected chi connectivity index (χ0v) is 13.3. The quantitative estimate of drug-likeness (QED) is 0.518. The van der Waals surface area contributed by atoms with Crippen molar-refractivity contribution in [3.8, 4) is 11.3 Å². The maximum absolute atomic E-state index is 13.1. The summed E-state index contributed by atoms with van der Waals surface area (Å²) in [5.41, 5.74) is 2.95. The molecule has 1 aromatic carbocycles. The molecule has 0 aliphatic carbocycles. The lowest BCUT2D eigenvalue weighted by molar-refractivity contribution is 0.628. The van der Waals surface area contributed by atoms with Crippen molar-refractivity contribution in [3.05, 3.63) is 48.1 Å². The van der Waals surface area contributed by atoms with Crippen molar-refractivity contribution >= 4 is 39.2 Å². The first-order chi connectivity index (χ1) is 12.3. The molecule has 0 radical (unpaired) electrons. The second-order valence-electron chi connectivity index (χ2n) is 5.21. The summed E-state index contributed by atoms with van der Waals surface area (Å²) < 4.78 is 14.8. The number of H-pyrrole nitrogens is 1. The molecule has 0 unspecified atom stereocenters. The van der Waals surface area contributed by atoms with E-state index in [1.807, 2.05) is 5.38 Å². The Morgan fingerprint density at radius 3 is 2.88 bits per heavy atom. The maximum Gasteiger partial charge on any atom is 0.249 e. The monoisotopic (exact) mass is 352 g/mol. The van der Waals surface area contributed by atoms with Crippen LogP contribution in [0.4, 0.5) is 16.2 Å². The molecule has 0 amide bonds. The second-order valence-corrected chi connectivity index (χ2v) is 6.04. The number of aromatic amines is 1. The van der Waals surface area contributed by atoms with E-state index in [-0.39, 0.29) is 5.82 Å². The Morgan fingerprint density at radius 2 is 2.00 bits per heavy atom. The van der Waals surface area contributed by atoms with Crippen molar-refractivity contribution in [2.75, 3.05) is 5.32 Å². The third kappa shape index (κ3) is 2.31. The standard InChI is InChI=1S/C15H9FN8S/c16-9-3-1-8(2-4-9)10-5-25-15-22-14(23-24(10)15)21-13-11-12(18-6-17-11)19-7-20-13/h1-7H,(H2,17,18,19,20,21,23). The van der Waals surface area contributed by atoms with Crippen molar-refractivity contribution in [2.24, 2.45) is 0 Å². The van der Waals surface area contributed by atoms with Gasteiger partial charge in [0.2, 0.25) is 10.9 Å².